The smallest absolute Gasteiger partial charge is 0.239 e. The Labute approximate surface area is 90.8 Å². The van der Waals surface area contributed by atoms with Crippen molar-refractivity contribution in [2.45, 2.75) is 50.8 Å². The first-order chi connectivity index (χ1) is 7.24. The van der Waals surface area contributed by atoms with E-state index in [4.69, 9.17) is 10.5 Å². The van der Waals surface area contributed by atoms with E-state index in [0.717, 1.165) is 12.8 Å². The molecule has 1 aliphatic heterocycles. The molecular weight excluding hydrogens is 192 g/mol. The van der Waals surface area contributed by atoms with Crippen molar-refractivity contribution in [1.82, 2.24) is 4.90 Å². The van der Waals surface area contributed by atoms with Crippen LogP contribution in [0.15, 0.2) is 0 Å². The van der Waals surface area contributed by atoms with Gasteiger partial charge in [-0.15, -0.1) is 0 Å². The number of nitrogens with zero attached hydrogens (tertiary/aromatic N) is 1. The molecular formula is C11H20N2O2. The van der Waals surface area contributed by atoms with Gasteiger partial charge >= 0.3 is 0 Å². The summed E-state index contributed by atoms with van der Waals surface area (Å²) in [6.07, 6.45) is 4.32. The predicted octanol–water partition coefficient (Wildman–Crippen LogP) is 0.504. The zero-order valence-corrected chi connectivity index (χ0v) is 9.32. The molecule has 15 heavy (non-hydrogen) atoms. The van der Waals surface area contributed by atoms with Crippen molar-refractivity contribution >= 4 is 5.91 Å². The molecule has 0 spiro atoms. The molecule has 2 rings (SSSR count). The molecule has 0 aromatic heterocycles. The van der Waals surface area contributed by atoms with Gasteiger partial charge in [-0.2, -0.15) is 0 Å². The van der Waals surface area contributed by atoms with E-state index in [0.29, 0.717) is 25.6 Å². The Kier molecular flexibility index (Phi) is 3.26. The van der Waals surface area contributed by atoms with Crippen molar-refractivity contribution < 1.29 is 9.53 Å². The van der Waals surface area contributed by atoms with Crippen LogP contribution in [-0.2, 0) is 9.53 Å². The first-order valence-corrected chi connectivity index (χ1v) is 5.91. The topological polar surface area (TPSA) is 55.6 Å². The molecule has 0 radical (unpaired) electrons. The fraction of sp³-hybridized carbons (Fsp3) is 0.909. The molecule has 3 unspecified atom stereocenters. The maximum Gasteiger partial charge on any atom is 0.239 e. The quantitative estimate of drug-likeness (QED) is 0.725. The molecule has 1 saturated carbocycles. The lowest BCUT2D eigenvalue weighted by Gasteiger charge is -2.38. The summed E-state index contributed by atoms with van der Waals surface area (Å²) in [7, 11) is 0. The van der Waals surface area contributed by atoms with Crippen LogP contribution in [0, 0.1) is 0 Å². The second-order valence-electron chi connectivity index (χ2n) is 4.45. The van der Waals surface area contributed by atoms with Gasteiger partial charge in [-0.25, -0.2) is 0 Å². The molecule has 0 bridgehead atoms. The van der Waals surface area contributed by atoms with Crippen LogP contribution in [0.25, 0.3) is 0 Å². The molecule has 1 aliphatic carbocycles. The van der Waals surface area contributed by atoms with Gasteiger partial charge in [0.1, 0.15) is 0 Å². The lowest BCUT2D eigenvalue weighted by atomic mass is 10.1. The fourth-order valence-electron chi connectivity index (χ4n) is 2.59. The van der Waals surface area contributed by atoms with E-state index in [1.54, 1.807) is 0 Å². The number of hydrogen-bond acceptors (Lipinski definition) is 3. The summed E-state index contributed by atoms with van der Waals surface area (Å²) in [4.78, 5) is 14.0. The van der Waals surface area contributed by atoms with E-state index >= 15 is 0 Å². The highest BCUT2D eigenvalue weighted by Crippen LogP contribution is 2.29. The number of amides is 1. The standard InChI is InChI=1S/C11H20N2O2/c1-2-8(12)11(14)13-6-7-15-10-5-3-4-9(10)13/h8-10H,2-7,12H2,1H3. The normalized spacial score (nSPS) is 32.5. The van der Waals surface area contributed by atoms with Crippen LogP contribution < -0.4 is 5.73 Å². The summed E-state index contributed by atoms with van der Waals surface area (Å²) in [6, 6.07) is -0.0341. The van der Waals surface area contributed by atoms with Gasteiger partial charge in [-0.1, -0.05) is 6.92 Å². The van der Waals surface area contributed by atoms with Gasteiger partial charge in [0.05, 0.1) is 24.8 Å². The van der Waals surface area contributed by atoms with Crippen molar-refractivity contribution in [2.24, 2.45) is 5.73 Å². The van der Waals surface area contributed by atoms with Gasteiger partial charge in [0.25, 0.3) is 0 Å². The number of nitrogens with two attached hydrogens (primary N) is 1. The monoisotopic (exact) mass is 212 g/mol. The Morgan fingerprint density at radius 2 is 2.40 bits per heavy atom. The van der Waals surface area contributed by atoms with E-state index in [1.807, 2.05) is 11.8 Å². The summed E-state index contributed by atoms with van der Waals surface area (Å²) < 4.78 is 5.66. The number of carbonyl (C=O) groups is 1. The number of carbonyl (C=O) groups excluding carboxylic acids is 1. The zero-order valence-electron chi connectivity index (χ0n) is 9.32. The van der Waals surface area contributed by atoms with Gasteiger partial charge in [0.15, 0.2) is 0 Å². The SMILES string of the molecule is CCC(N)C(=O)N1CCOC2CCCC21. The van der Waals surface area contributed by atoms with E-state index in [9.17, 15) is 4.79 Å². The third kappa shape index (κ3) is 2.01. The van der Waals surface area contributed by atoms with E-state index in [2.05, 4.69) is 0 Å². The van der Waals surface area contributed by atoms with Gasteiger partial charge in [0, 0.05) is 6.54 Å². The Morgan fingerprint density at radius 3 is 3.13 bits per heavy atom. The molecule has 1 amide bonds. The summed E-state index contributed by atoms with van der Waals surface area (Å²) in [5.74, 6) is 0.109. The average molecular weight is 212 g/mol. The number of ether oxygens (including phenoxy) is 1. The van der Waals surface area contributed by atoms with Crippen LogP contribution in [0.4, 0.5) is 0 Å². The lowest BCUT2D eigenvalue weighted by Crippen LogP contribution is -2.55. The molecule has 2 fully saturated rings. The number of morpholine rings is 1. The first-order valence-electron chi connectivity index (χ1n) is 5.91. The molecule has 1 saturated heterocycles. The van der Waals surface area contributed by atoms with Crippen LogP contribution >= 0.6 is 0 Å². The highest BCUT2D eigenvalue weighted by atomic mass is 16.5. The Hall–Kier alpha value is -0.610. The van der Waals surface area contributed by atoms with Crippen molar-refractivity contribution in [3.8, 4) is 0 Å². The highest BCUT2D eigenvalue weighted by molar-refractivity contribution is 5.82. The third-order valence-electron chi connectivity index (χ3n) is 3.52. The van der Waals surface area contributed by atoms with Gasteiger partial charge < -0.3 is 15.4 Å². The van der Waals surface area contributed by atoms with Gasteiger partial charge in [-0.05, 0) is 25.7 Å². The summed E-state index contributed by atoms with van der Waals surface area (Å²) >= 11 is 0. The first kappa shape index (κ1) is 10.9. The second-order valence-corrected chi connectivity index (χ2v) is 4.45. The largest absolute Gasteiger partial charge is 0.374 e. The lowest BCUT2D eigenvalue weighted by molar-refractivity contribution is -0.145. The minimum absolute atomic E-state index is 0.109. The fourth-order valence-corrected chi connectivity index (χ4v) is 2.59. The van der Waals surface area contributed by atoms with Crippen molar-refractivity contribution in [2.75, 3.05) is 13.2 Å². The molecule has 2 N–H and O–H groups in total. The molecule has 4 nitrogen and oxygen atoms in total. The number of fused-ring (bicyclic) bond motifs is 1. The van der Waals surface area contributed by atoms with Crippen LogP contribution in [0.1, 0.15) is 32.6 Å². The third-order valence-corrected chi connectivity index (χ3v) is 3.52. The van der Waals surface area contributed by atoms with E-state index in [-0.39, 0.29) is 18.1 Å². The van der Waals surface area contributed by atoms with Gasteiger partial charge in [-0.3, -0.25) is 4.79 Å². The molecule has 3 atom stereocenters. The molecule has 86 valence electrons. The summed E-state index contributed by atoms with van der Waals surface area (Å²) in [5.41, 5.74) is 5.80. The number of hydrogen-bond donors (Lipinski definition) is 1. The zero-order chi connectivity index (χ0) is 10.8. The maximum atomic E-state index is 12.0. The Morgan fingerprint density at radius 1 is 1.60 bits per heavy atom. The molecule has 0 aromatic rings. The summed E-state index contributed by atoms with van der Waals surface area (Å²) in [5, 5.41) is 0. The average Bonchev–Trinajstić information content (AvgIpc) is 2.74. The van der Waals surface area contributed by atoms with E-state index in [1.165, 1.54) is 6.42 Å². The minimum Gasteiger partial charge on any atom is -0.374 e. The number of rotatable bonds is 2. The Balaban J connectivity index is 2.04. The molecule has 4 heteroatoms. The van der Waals surface area contributed by atoms with Crippen molar-refractivity contribution in [1.29, 1.82) is 0 Å². The molecule has 1 heterocycles. The van der Waals surface area contributed by atoms with Crippen LogP contribution in [0.5, 0.6) is 0 Å². The highest BCUT2D eigenvalue weighted by Gasteiger charge is 2.39. The maximum absolute atomic E-state index is 12.0. The van der Waals surface area contributed by atoms with Crippen LogP contribution in [0.3, 0.4) is 0 Å². The van der Waals surface area contributed by atoms with E-state index < -0.39 is 0 Å². The van der Waals surface area contributed by atoms with Crippen molar-refractivity contribution in [3.05, 3.63) is 0 Å². The Bertz CT molecular complexity index is 245. The van der Waals surface area contributed by atoms with Crippen LogP contribution in [0.2, 0.25) is 0 Å². The predicted molar refractivity (Wildman–Crippen MR) is 57.4 cm³/mol. The van der Waals surface area contributed by atoms with Crippen molar-refractivity contribution in [3.63, 3.8) is 0 Å². The van der Waals surface area contributed by atoms with Crippen LogP contribution in [-0.4, -0.2) is 42.1 Å². The second kappa shape index (κ2) is 4.49. The molecule has 0 aromatic carbocycles. The van der Waals surface area contributed by atoms with Gasteiger partial charge in [0.2, 0.25) is 5.91 Å². The molecule has 2 aliphatic rings. The minimum atomic E-state index is -0.329. The summed E-state index contributed by atoms with van der Waals surface area (Å²) in [6.45, 7) is 3.34.